The summed E-state index contributed by atoms with van der Waals surface area (Å²) in [6.45, 7) is 7.15. The van der Waals surface area contributed by atoms with Gasteiger partial charge in [0.15, 0.2) is 12.6 Å². The molecule has 1 aliphatic carbocycles. The summed E-state index contributed by atoms with van der Waals surface area (Å²) in [6.07, 6.45) is 16.5. The van der Waals surface area contributed by atoms with Crippen LogP contribution in [0, 0.1) is 30.6 Å². The van der Waals surface area contributed by atoms with Gasteiger partial charge in [-0.15, -0.1) is 11.8 Å². The molecule has 0 aromatic heterocycles. The van der Waals surface area contributed by atoms with E-state index in [2.05, 4.69) is 37.0 Å². The molecule has 2 heterocycles. The monoisotopic (exact) mass is 700 g/mol. The van der Waals surface area contributed by atoms with Crippen molar-refractivity contribution in [3.05, 3.63) is 54.1 Å². The first-order valence-corrected chi connectivity index (χ1v) is 19.4. The predicted molar refractivity (Wildman–Crippen MR) is 188 cm³/mol. The maximum Gasteiger partial charge on any atom is 0.305 e. The number of methoxy groups -OCH3 is 1. The van der Waals surface area contributed by atoms with Crippen LogP contribution < -0.4 is 0 Å². The first-order valence-electron chi connectivity index (χ1n) is 18.0. The van der Waals surface area contributed by atoms with Crippen molar-refractivity contribution in [2.75, 3.05) is 20.3 Å². The van der Waals surface area contributed by atoms with Gasteiger partial charge in [-0.1, -0.05) is 42.0 Å². The third-order valence-electron chi connectivity index (χ3n) is 9.58. The van der Waals surface area contributed by atoms with Crippen LogP contribution in [0.15, 0.2) is 53.5 Å². The molecule has 3 unspecified atom stereocenters. The maximum absolute atomic E-state index is 13.6. The Balaban J connectivity index is 1.63. The second-order valence-corrected chi connectivity index (χ2v) is 15.1. The van der Waals surface area contributed by atoms with Gasteiger partial charge in [0.25, 0.3) is 10.1 Å². The van der Waals surface area contributed by atoms with Gasteiger partial charge in [-0.3, -0.25) is 8.98 Å². The molecule has 1 saturated carbocycles. The van der Waals surface area contributed by atoms with Crippen LogP contribution in [-0.2, 0) is 42.8 Å². The van der Waals surface area contributed by atoms with E-state index in [9.17, 15) is 13.2 Å². The van der Waals surface area contributed by atoms with Crippen LogP contribution in [0.1, 0.15) is 103 Å². The van der Waals surface area contributed by atoms with Crippen LogP contribution in [0.5, 0.6) is 0 Å². The fourth-order valence-electron chi connectivity index (χ4n) is 6.73. The summed E-state index contributed by atoms with van der Waals surface area (Å²) in [5, 5.41) is 0. The van der Waals surface area contributed by atoms with E-state index in [1.807, 2.05) is 19.9 Å². The molecule has 0 amide bonds. The summed E-state index contributed by atoms with van der Waals surface area (Å²) in [6, 6.07) is 6.73. The lowest BCUT2D eigenvalue weighted by Gasteiger charge is -2.34. The normalized spacial score (nSPS) is 27.5. The van der Waals surface area contributed by atoms with Gasteiger partial charge >= 0.3 is 5.97 Å². The molecular weight excluding hydrogens is 644 g/mol. The Kier molecular flexibility index (Phi) is 15.8. The van der Waals surface area contributed by atoms with Crippen molar-refractivity contribution >= 4 is 16.1 Å². The van der Waals surface area contributed by atoms with Gasteiger partial charge in [0, 0.05) is 38.4 Å². The number of benzene rings is 1. The molecule has 0 N–H and O–H groups in total. The number of hydrogen-bond donors (Lipinski definition) is 0. The molecule has 2 aliphatic heterocycles. The summed E-state index contributed by atoms with van der Waals surface area (Å²) in [5.41, 5.74) is 0.314. The summed E-state index contributed by atoms with van der Waals surface area (Å²) in [5.74, 6) is 5.53. The number of aryl methyl sites for hydroxylation is 1. The number of ether oxygens (including phenoxy) is 5. The molecule has 9 nitrogen and oxygen atoms in total. The van der Waals surface area contributed by atoms with Gasteiger partial charge in [0.1, 0.15) is 0 Å². The van der Waals surface area contributed by atoms with Crippen molar-refractivity contribution in [1.29, 1.82) is 0 Å². The fraction of sp³-hybridized carbons (Fsp3) is 0.667. The molecule has 3 fully saturated rings. The fourth-order valence-corrected chi connectivity index (χ4v) is 7.85. The van der Waals surface area contributed by atoms with Gasteiger partial charge in [-0.05, 0) is 103 Å². The summed E-state index contributed by atoms with van der Waals surface area (Å²) in [7, 11) is -2.65. The number of allylic oxidation sites excluding steroid dienone is 2. The predicted octanol–water partition coefficient (Wildman–Crippen LogP) is 7.57. The Labute approximate surface area is 294 Å². The zero-order chi connectivity index (χ0) is 35.1. The molecule has 4 rings (SSSR count). The SMILES string of the molecule is CC#CCCC(C)(/C=C/[C@@H]1[C@@H](C/C=C\CCCC(=O)OC)[C@@H](OS(=O)(=O)c2ccc(C)cc2)C[C@H]1OC1CCCCO1)OC1CCCCO1. The second-order valence-electron chi connectivity index (χ2n) is 13.5. The number of rotatable bonds is 17. The minimum absolute atomic E-state index is 0.132. The summed E-state index contributed by atoms with van der Waals surface area (Å²) in [4.78, 5) is 11.7. The molecule has 0 bridgehead atoms. The Morgan fingerprint density at radius 3 is 2.39 bits per heavy atom. The lowest BCUT2D eigenvalue weighted by Crippen LogP contribution is -2.36. The first kappa shape index (κ1) is 39.3. The number of carbonyl (C=O) groups excluding carboxylic acids is 1. The Morgan fingerprint density at radius 2 is 1.73 bits per heavy atom. The average Bonchev–Trinajstić information content (AvgIpc) is 3.40. The molecule has 7 atom stereocenters. The van der Waals surface area contributed by atoms with Crippen molar-refractivity contribution in [3.63, 3.8) is 0 Å². The molecule has 1 aromatic rings. The van der Waals surface area contributed by atoms with E-state index in [1.54, 1.807) is 24.3 Å². The highest BCUT2D eigenvalue weighted by atomic mass is 32.2. The van der Waals surface area contributed by atoms with Crippen LogP contribution in [0.25, 0.3) is 0 Å². The quantitative estimate of drug-likeness (QED) is 0.0535. The van der Waals surface area contributed by atoms with Gasteiger partial charge in [-0.2, -0.15) is 8.42 Å². The lowest BCUT2D eigenvalue weighted by atomic mass is 9.87. The highest BCUT2D eigenvalue weighted by molar-refractivity contribution is 7.86. The third-order valence-corrected chi connectivity index (χ3v) is 10.9. The first-order chi connectivity index (χ1) is 23.6. The Hall–Kier alpha value is -2.52. The number of hydrogen-bond acceptors (Lipinski definition) is 9. The van der Waals surface area contributed by atoms with Crippen LogP contribution >= 0.6 is 0 Å². The van der Waals surface area contributed by atoms with Gasteiger partial charge in [0.2, 0.25) is 0 Å². The van der Waals surface area contributed by atoms with Gasteiger partial charge < -0.3 is 23.7 Å². The molecule has 0 spiro atoms. The van der Waals surface area contributed by atoms with Gasteiger partial charge in [-0.25, -0.2) is 0 Å². The van der Waals surface area contributed by atoms with Crippen molar-refractivity contribution in [3.8, 4) is 11.8 Å². The number of esters is 1. The van der Waals surface area contributed by atoms with Crippen molar-refractivity contribution in [1.82, 2.24) is 0 Å². The zero-order valence-corrected chi connectivity index (χ0v) is 30.6. The topological polar surface area (TPSA) is 107 Å². The van der Waals surface area contributed by atoms with Crippen molar-refractivity contribution in [2.45, 2.75) is 140 Å². The zero-order valence-electron chi connectivity index (χ0n) is 29.8. The van der Waals surface area contributed by atoms with E-state index in [0.717, 1.165) is 44.1 Å². The molecule has 2 saturated heterocycles. The Morgan fingerprint density at radius 1 is 1.02 bits per heavy atom. The largest absolute Gasteiger partial charge is 0.469 e. The second kappa shape index (κ2) is 19.8. The molecule has 0 radical (unpaired) electrons. The number of carbonyl (C=O) groups is 1. The molecule has 1 aromatic carbocycles. The smallest absolute Gasteiger partial charge is 0.305 e. The molecular formula is C39H56O9S. The van der Waals surface area contributed by atoms with Crippen molar-refractivity contribution < 1.29 is 41.1 Å². The van der Waals surface area contributed by atoms with Crippen LogP contribution in [-0.4, -0.2) is 65.1 Å². The van der Waals surface area contributed by atoms with E-state index < -0.39 is 21.8 Å². The molecule has 49 heavy (non-hydrogen) atoms. The third kappa shape index (κ3) is 12.6. The minimum atomic E-state index is -4.05. The minimum Gasteiger partial charge on any atom is -0.469 e. The number of unbranched alkanes of at least 4 members (excludes halogenated alkanes) is 1. The van der Waals surface area contributed by atoms with E-state index in [1.165, 1.54) is 7.11 Å². The van der Waals surface area contributed by atoms with Crippen LogP contribution in [0.2, 0.25) is 0 Å². The Bertz CT molecular complexity index is 1380. The standard InChI is InChI=1S/C39H56O9S/c1-5-6-13-25-39(3,47-38-19-12-15-28-45-38)26-24-33-32(16-9-7-8-10-17-36(40)43-4)35(29-34(33)46-37-18-11-14-27-44-37)48-49(41,42)31-22-20-30(2)21-23-31/h7,9,20-24,26,32-35,37-38H,8,10-19,25,27-29H2,1-4H3/b9-7-,26-24+/t32-,33-,34-,35+,37?,38?,39?/m1/s1. The average molecular weight is 701 g/mol. The molecule has 272 valence electrons. The lowest BCUT2D eigenvalue weighted by molar-refractivity contribution is -0.208. The maximum atomic E-state index is 13.6. The van der Waals surface area contributed by atoms with E-state index in [-0.39, 0.29) is 41.4 Å². The van der Waals surface area contributed by atoms with Gasteiger partial charge in [0.05, 0.1) is 29.8 Å². The summed E-state index contributed by atoms with van der Waals surface area (Å²) >= 11 is 0. The van der Waals surface area contributed by atoms with Crippen LogP contribution in [0.3, 0.4) is 0 Å². The highest BCUT2D eigenvalue weighted by Gasteiger charge is 2.46. The van der Waals surface area contributed by atoms with E-state index in [0.29, 0.717) is 58.2 Å². The van der Waals surface area contributed by atoms with Crippen LogP contribution in [0.4, 0.5) is 0 Å². The molecule has 3 aliphatic rings. The summed E-state index contributed by atoms with van der Waals surface area (Å²) < 4.78 is 63.3. The molecule has 10 heteroatoms. The van der Waals surface area contributed by atoms with E-state index >= 15 is 0 Å². The van der Waals surface area contributed by atoms with E-state index in [4.69, 9.17) is 27.9 Å². The van der Waals surface area contributed by atoms with Crippen molar-refractivity contribution in [2.24, 2.45) is 11.8 Å². The highest BCUT2D eigenvalue weighted by Crippen LogP contribution is 2.43.